The van der Waals surface area contributed by atoms with Crippen molar-refractivity contribution in [2.45, 2.75) is 39.3 Å². The van der Waals surface area contributed by atoms with Crippen LogP contribution in [0.5, 0.6) is 0 Å². The number of carbonyl (C=O) groups is 2. The maximum Gasteiger partial charge on any atom is 0.307 e. The van der Waals surface area contributed by atoms with Crippen molar-refractivity contribution in [3.63, 3.8) is 0 Å². The number of carboxylic acid groups (broad SMARTS) is 1. The SMILES string of the molecule is CC1(C)C(C(=O)O)C1C(=O)N(Cc1ccccc1)C1CC1. The summed E-state index contributed by atoms with van der Waals surface area (Å²) >= 11 is 0. The van der Waals surface area contributed by atoms with Gasteiger partial charge < -0.3 is 10.0 Å². The topological polar surface area (TPSA) is 57.6 Å². The average molecular weight is 287 g/mol. The lowest BCUT2D eigenvalue weighted by Crippen LogP contribution is -2.35. The van der Waals surface area contributed by atoms with E-state index >= 15 is 0 Å². The molecule has 4 nitrogen and oxygen atoms in total. The Hall–Kier alpha value is -1.84. The summed E-state index contributed by atoms with van der Waals surface area (Å²) in [5.41, 5.74) is 0.676. The molecular formula is C17H21NO3. The van der Waals surface area contributed by atoms with E-state index in [-0.39, 0.29) is 11.8 Å². The second-order valence-corrected chi connectivity index (χ2v) is 6.80. The molecule has 1 aromatic rings. The van der Waals surface area contributed by atoms with Gasteiger partial charge in [-0.15, -0.1) is 0 Å². The van der Waals surface area contributed by atoms with Crippen molar-refractivity contribution in [3.8, 4) is 0 Å². The highest BCUT2D eigenvalue weighted by atomic mass is 16.4. The Morgan fingerprint density at radius 2 is 1.81 bits per heavy atom. The van der Waals surface area contributed by atoms with Crippen molar-refractivity contribution in [2.24, 2.45) is 17.3 Å². The first-order valence-electron chi connectivity index (χ1n) is 7.50. The molecule has 0 radical (unpaired) electrons. The van der Waals surface area contributed by atoms with Gasteiger partial charge in [0.1, 0.15) is 0 Å². The highest BCUT2D eigenvalue weighted by Crippen LogP contribution is 2.59. The highest BCUT2D eigenvalue weighted by Gasteiger charge is 2.67. The Bertz CT molecular complexity index is 563. The minimum atomic E-state index is -0.853. The number of nitrogens with zero attached hydrogens (tertiary/aromatic N) is 1. The van der Waals surface area contributed by atoms with Gasteiger partial charge in [-0.2, -0.15) is 0 Å². The fourth-order valence-corrected chi connectivity index (χ4v) is 3.29. The van der Waals surface area contributed by atoms with E-state index < -0.39 is 17.3 Å². The van der Waals surface area contributed by atoms with Crippen LogP contribution in [-0.4, -0.2) is 27.9 Å². The Kier molecular flexibility index (Phi) is 3.27. The molecule has 0 aliphatic heterocycles. The summed E-state index contributed by atoms with van der Waals surface area (Å²) in [5.74, 6) is -1.76. The first-order valence-corrected chi connectivity index (χ1v) is 7.50. The molecule has 2 saturated carbocycles. The number of carbonyl (C=O) groups excluding carboxylic acids is 1. The predicted molar refractivity (Wildman–Crippen MR) is 78.4 cm³/mol. The molecule has 0 bridgehead atoms. The van der Waals surface area contributed by atoms with E-state index in [0.717, 1.165) is 18.4 Å². The van der Waals surface area contributed by atoms with Gasteiger partial charge in [0.05, 0.1) is 11.8 Å². The second-order valence-electron chi connectivity index (χ2n) is 6.80. The van der Waals surface area contributed by atoms with E-state index in [2.05, 4.69) is 0 Å². The Morgan fingerprint density at radius 3 is 2.29 bits per heavy atom. The average Bonchev–Trinajstić information content (AvgIpc) is 3.32. The lowest BCUT2D eigenvalue weighted by molar-refractivity contribution is -0.142. The predicted octanol–water partition coefficient (Wildman–Crippen LogP) is 2.53. The van der Waals surface area contributed by atoms with E-state index in [1.165, 1.54) is 0 Å². The number of carboxylic acids is 1. The van der Waals surface area contributed by atoms with Gasteiger partial charge in [-0.3, -0.25) is 9.59 Å². The molecule has 0 heterocycles. The summed E-state index contributed by atoms with van der Waals surface area (Å²) in [4.78, 5) is 26.0. The van der Waals surface area contributed by atoms with Crippen LogP contribution in [0, 0.1) is 17.3 Å². The summed E-state index contributed by atoms with van der Waals surface area (Å²) in [6.45, 7) is 4.34. The zero-order valence-electron chi connectivity index (χ0n) is 12.5. The quantitative estimate of drug-likeness (QED) is 0.905. The number of aliphatic carboxylic acids is 1. The molecule has 0 aromatic heterocycles. The molecule has 1 aromatic carbocycles. The maximum atomic E-state index is 12.8. The number of hydrogen-bond donors (Lipinski definition) is 1. The van der Waals surface area contributed by atoms with Gasteiger partial charge in [0.2, 0.25) is 5.91 Å². The Morgan fingerprint density at radius 1 is 1.19 bits per heavy atom. The van der Waals surface area contributed by atoms with Crippen LogP contribution in [-0.2, 0) is 16.1 Å². The molecule has 1 amide bonds. The fourth-order valence-electron chi connectivity index (χ4n) is 3.29. The standard InChI is InChI=1S/C17H21NO3/c1-17(2)13(14(17)16(20)21)15(19)18(12-8-9-12)10-11-6-4-3-5-7-11/h3-7,12-14H,8-10H2,1-2H3,(H,20,21). The molecule has 0 spiro atoms. The number of rotatable bonds is 5. The number of hydrogen-bond acceptors (Lipinski definition) is 2. The van der Waals surface area contributed by atoms with Gasteiger partial charge in [-0.05, 0) is 23.8 Å². The van der Waals surface area contributed by atoms with Crippen LogP contribution >= 0.6 is 0 Å². The van der Waals surface area contributed by atoms with Gasteiger partial charge in [-0.25, -0.2) is 0 Å². The molecule has 3 rings (SSSR count). The van der Waals surface area contributed by atoms with Crippen LogP contribution < -0.4 is 0 Å². The molecule has 0 saturated heterocycles. The molecular weight excluding hydrogens is 266 g/mol. The van der Waals surface area contributed by atoms with Crippen molar-refractivity contribution in [2.75, 3.05) is 0 Å². The van der Waals surface area contributed by atoms with E-state index in [1.807, 2.05) is 49.1 Å². The molecule has 112 valence electrons. The maximum absolute atomic E-state index is 12.8. The second kappa shape index (κ2) is 4.86. The van der Waals surface area contributed by atoms with E-state index in [0.29, 0.717) is 12.6 Å². The minimum Gasteiger partial charge on any atom is -0.481 e. The number of amides is 1. The summed E-state index contributed by atoms with van der Waals surface area (Å²) in [6.07, 6.45) is 2.06. The molecule has 21 heavy (non-hydrogen) atoms. The zero-order chi connectivity index (χ0) is 15.2. The van der Waals surface area contributed by atoms with Crippen molar-refractivity contribution in [1.29, 1.82) is 0 Å². The summed E-state index contributed by atoms with van der Waals surface area (Å²) < 4.78 is 0. The summed E-state index contributed by atoms with van der Waals surface area (Å²) in [6, 6.07) is 10.2. The van der Waals surface area contributed by atoms with Crippen molar-refractivity contribution < 1.29 is 14.7 Å². The van der Waals surface area contributed by atoms with Crippen LogP contribution in [0.1, 0.15) is 32.3 Å². The largest absolute Gasteiger partial charge is 0.481 e. The van der Waals surface area contributed by atoms with Gasteiger partial charge >= 0.3 is 5.97 Å². The molecule has 1 N–H and O–H groups in total. The van der Waals surface area contributed by atoms with Crippen molar-refractivity contribution in [1.82, 2.24) is 4.90 Å². The monoisotopic (exact) mass is 287 g/mol. The third-order valence-electron chi connectivity index (χ3n) is 4.83. The van der Waals surface area contributed by atoms with E-state index in [1.54, 1.807) is 0 Å². The van der Waals surface area contributed by atoms with E-state index in [4.69, 9.17) is 0 Å². The molecule has 2 aliphatic rings. The lowest BCUT2D eigenvalue weighted by Gasteiger charge is -2.23. The molecule has 2 unspecified atom stereocenters. The molecule has 2 atom stereocenters. The van der Waals surface area contributed by atoms with Crippen LogP contribution in [0.15, 0.2) is 30.3 Å². The van der Waals surface area contributed by atoms with E-state index in [9.17, 15) is 14.7 Å². The summed E-state index contributed by atoms with van der Waals surface area (Å²) in [5, 5.41) is 9.26. The zero-order valence-corrected chi connectivity index (χ0v) is 12.5. The smallest absolute Gasteiger partial charge is 0.307 e. The molecule has 4 heteroatoms. The third kappa shape index (κ3) is 2.55. The minimum absolute atomic E-state index is 0.0127. The van der Waals surface area contributed by atoms with Crippen LogP contribution in [0.4, 0.5) is 0 Å². The first kappa shape index (κ1) is 14.1. The molecule has 2 aliphatic carbocycles. The number of benzene rings is 1. The van der Waals surface area contributed by atoms with Crippen molar-refractivity contribution >= 4 is 11.9 Å². The Balaban J connectivity index is 1.76. The van der Waals surface area contributed by atoms with Crippen LogP contribution in [0.3, 0.4) is 0 Å². The normalized spacial score (nSPS) is 26.2. The molecule has 2 fully saturated rings. The highest BCUT2D eigenvalue weighted by molar-refractivity contribution is 5.92. The van der Waals surface area contributed by atoms with Crippen LogP contribution in [0.2, 0.25) is 0 Å². The van der Waals surface area contributed by atoms with Gasteiger partial charge in [0, 0.05) is 12.6 Å². The lowest BCUT2D eigenvalue weighted by atomic mass is 10.1. The summed E-state index contributed by atoms with van der Waals surface area (Å²) in [7, 11) is 0. The van der Waals surface area contributed by atoms with Crippen molar-refractivity contribution in [3.05, 3.63) is 35.9 Å². The first-order chi connectivity index (χ1) is 9.93. The Labute approximate surface area is 124 Å². The van der Waals surface area contributed by atoms with Gasteiger partial charge in [-0.1, -0.05) is 44.2 Å². The fraction of sp³-hybridized carbons (Fsp3) is 0.529. The van der Waals surface area contributed by atoms with Crippen LogP contribution in [0.25, 0.3) is 0 Å². The van der Waals surface area contributed by atoms with Gasteiger partial charge in [0.25, 0.3) is 0 Å². The van der Waals surface area contributed by atoms with Gasteiger partial charge in [0.15, 0.2) is 0 Å². The third-order valence-corrected chi connectivity index (χ3v) is 4.83.